The molecule has 1 N–H and O–H groups in total. The van der Waals surface area contributed by atoms with E-state index in [1.54, 1.807) is 17.5 Å². The molecule has 80 valence electrons. The van der Waals surface area contributed by atoms with Gasteiger partial charge in [0.15, 0.2) is 9.84 Å². The van der Waals surface area contributed by atoms with Gasteiger partial charge in [0, 0.05) is 0 Å². The second kappa shape index (κ2) is 5.48. The average Bonchev–Trinajstić information content (AvgIpc) is 2.65. The number of thiophene rings is 1. The van der Waals surface area contributed by atoms with Crippen molar-refractivity contribution in [2.75, 3.05) is 18.8 Å². The molecule has 1 aromatic rings. The molecule has 0 aromatic carbocycles. The Morgan fingerprint density at radius 1 is 1.50 bits per heavy atom. The van der Waals surface area contributed by atoms with Gasteiger partial charge < -0.3 is 5.32 Å². The first-order valence-corrected chi connectivity index (χ1v) is 7.17. The molecule has 14 heavy (non-hydrogen) atoms. The van der Waals surface area contributed by atoms with E-state index in [0.29, 0.717) is 10.6 Å². The molecule has 0 radical (unpaired) electrons. The van der Waals surface area contributed by atoms with Crippen molar-refractivity contribution >= 4 is 21.2 Å². The number of hydrogen-bond donors (Lipinski definition) is 1. The zero-order chi connectivity index (χ0) is 10.4. The molecule has 0 spiro atoms. The third-order valence-corrected chi connectivity index (χ3v) is 5.11. The molecule has 0 saturated carbocycles. The fourth-order valence-corrected chi connectivity index (χ4v) is 3.57. The summed E-state index contributed by atoms with van der Waals surface area (Å²) in [4.78, 5) is 0. The molecule has 1 aromatic heterocycles. The minimum absolute atomic E-state index is 0.237. The summed E-state index contributed by atoms with van der Waals surface area (Å²) in [5, 5.41) is 4.89. The van der Waals surface area contributed by atoms with Crippen molar-refractivity contribution < 1.29 is 8.42 Å². The van der Waals surface area contributed by atoms with E-state index in [9.17, 15) is 8.42 Å². The first kappa shape index (κ1) is 11.7. The lowest BCUT2D eigenvalue weighted by Crippen LogP contribution is -2.17. The van der Waals surface area contributed by atoms with Crippen LogP contribution in [0.4, 0.5) is 0 Å². The van der Waals surface area contributed by atoms with E-state index in [1.807, 2.05) is 6.92 Å². The summed E-state index contributed by atoms with van der Waals surface area (Å²) < 4.78 is 23.8. The highest BCUT2D eigenvalue weighted by Gasteiger charge is 2.14. The van der Waals surface area contributed by atoms with E-state index in [2.05, 4.69) is 5.32 Å². The standard InChI is InChI=1S/C9H15NO2S2/c1-2-10-6-4-8-14(11,12)9-5-3-7-13-9/h3,5,7,10H,2,4,6,8H2,1H3. The lowest BCUT2D eigenvalue weighted by atomic mass is 10.5. The normalized spacial score (nSPS) is 11.8. The minimum atomic E-state index is -3.02. The topological polar surface area (TPSA) is 46.2 Å². The summed E-state index contributed by atoms with van der Waals surface area (Å²) in [6, 6.07) is 3.43. The lowest BCUT2D eigenvalue weighted by molar-refractivity contribution is 0.592. The molecule has 0 saturated heterocycles. The molecule has 0 aliphatic carbocycles. The van der Waals surface area contributed by atoms with Gasteiger partial charge in [-0.2, -0.15) is 0 Å². The van der Waals surface area contributed by atoms with Gasteiger partial charge in [-0.1, -0.05) is 13.0 Å². The molecule has 0 atom stereocenters. The highest BCUT2D eigenvalue weighted by Crippen LogP contribution is 2.17. The Kier molecular flexibility index (Phi) is 4.57. The number of sulfone groups is 1. The van der Waals surface area contributed by atoms with Crippen LogP contribution in [0.2, 0.25) is 0 Å². The lowest BCUT2D eigenvalue weighted by Gasteiger charge is -2.02. The van der Waals surface area contributed by atoms with Gasteiger partial charge in [0.25, 0.3) is 0 Å². The summed E-state index contributed by atoms with van der Waals surface area (Å²) in [5.41, 5.74) is 0. The molecule has 0 fully saturated rings. The molecule has 3 nitrogen and oxygen atoms in total. The summed E-state index contributed by atoms with van der Waals surface area (Å²) in [7, 11) is -3.02. The molecular formula is C9H15NO2S2. The van der Waals surface area contributed by atoms with Crippen LogP contribution < -0.4 is 5.32 Å². The van der Waals surface area contributed by atoms with Crippen molar-refractivity contribution in [2.45, 2.75) is 17.6 Å². The van der Waals surface area contributed by atoms with Crippen molar-refractivity contribution in [1.29, 1.82) is 0 Å². The summed E-state index contributed by atoms with van der Waals surface area (Å²) in [6.45, 7) is 3.66. The quantitative estimate of drug-likeness (QED) is 0.758. The first-order valence-electron chi connectivity index (χ1n) is 4.64. The zero-order valence-electron chi connectivity index (χ0n) is 8.19. The Morgan fingerprint density at radius 2 is 2.29 bits per heavy atom. The summed E-state index contributed by atoms with van der Waals surface area (Å²) in [6.07, 6.45) is 0.675. The van der Waals surface area contributed by atoms with Gasteiger partial charge >= 0.3 is 0 Å². The third kappa shape index (κ3) is 3.40. The second-order valence-electron chi connectivity index (χ2n) is 2.96. The van der Waals surface area contributed by atoms with Crippen LogP contribution in [0, 0.1) is 0 Å². The van der Waals surface area contributed by atoms with Gasteiger partial charge in [0.05, 0.1) is 5.75 Å². The van der Waals surface area contributed by atoms with Crippen LogP contribution in [0.25, 0.3) is 0 Å². The maximum absolute atomic E-state index is 11.6. The SMILES string of the molecule is CCNCCCS(=O)(=O)c1cccs1. The van der Waals surface area contributed by atoms with Gasteiger partial charge in [-0.05, 0) is 31.0 Å². The first-order chi connectivity index (χ1) is 6.67. The Bertz CT molecular complexity index is 343. The van der Waals surface area contributed by atoms with Gasteiger partial charge in [0.2, 0.25) is 0 Å². The molecule has 1 heterocycles. The number of rotatable bonds is 6. The monoisotopic (exact) mass is 233 g/mol. The van der Waals surface area contributed by atoms with Gasteiger partial charge in [-0.3, -0.25) is 0 Å². The molecule has 1 rings (SSSR count). The van der Waals surface area contributed by atoms with Gasteiger partial charge in [-0.15, -0.1) is 11.3 Å². The van der Waals surface area contributed by atoms with E-state index in [-0.39, 0.29) is 5.75 Å². The maximum Gasteiger partial charge on any atom is 0.187 e. The fourth-order valence-electron chi connectivity index (χ4n) is 1.11. The van der Waals surface area contributed by atoms with Gasteiger partial charge in [0.1, 0.15) is 4.21 Å². The molecule has 0 amide bonds. The van der Waals surface area contributed by atoms with Crippen LogP contribution in [-0.2, 0) is 9.84 Å². The average molecular weight is 233 g/mol. The van der Waals surface area contributed by atoms with E-state index in [1.165, 1.54) is 11.3 Å². The van der Waals surface area contributed by atoms with Crippen molar-refractivity contribution in [2.24, 2.45) is 0 Å². The maximum atomic E-state index is 11.6. The largest absolute Gasteiger partial charge is 0.317 e. The molecule has 5 heteroatoms. The van der Waals surface area contributed by atoms with E-state index < -0.39 is 9.84 Å². The molecular weight excluding hydrogens is 218 g/mol. The van der Waals surface area contributed by atoms with Crippen molar-refractivity contribution in [3.05, 3.63) is 17.5 Å². The molecule has 0 unspecified atom stereocenters. The van der Waals surface area contributed by atoms with Gasteiger partial charge in [-0.25, -0.2) is 8.42 Å². The van der Waals surface area contributed by atoms with Crippen LogP contribution in [0.3, 0.4) is 0 Å². The van der Waals surface area contributed by atoms with Crippen LogP contribution in [0.1, 0.15) is 13.3 Å². The number of nitrogens with one attached hydrogen (secondary N) is 1. The van der Waals surface area contributed by atoms with Crippen LogP contribution in [0.5, 0.6) is 0 Å². The minimum Gasteiger partial charge on any atom is -0.317 e. The van der Waals surface area contributed by atoms with Crippen molar-refractivity contribution in [3.63, 3.8) is 0 Å². The Labute approximate surface area is 89.1 Å². The third-order valence-electron chi connectivity index (χ3n) is 1.82. The second-order valence-corrected chi connectivity index (χ2v) is 6.24. The van der Waals surface area contributed by atoms with Crippen LogP contribution in [-0.4, -0.2) is 27.3 Å². The molecule has 0 bridgehead atoms. The zero-order valence-corrected chi connectivity index (χ0v) is 9.83. The van der Waals surface area contributed by atoms with E-state index in [0.717, 1.165) is 13.1 Å². The Balaban J connectivity index is 2.44. The highest BCUT2D eigenvalue weighted by molar-refractivity contribution is 7.93. The van der Waals surface area contributed by atoms with Crippen LogP contribution in [0.15, 0.2) is 21.7 Å². The molecule has 0 aliphatic rings. The van der Waals surface area contributed by atoms with Crippen molar-refractivity contribution in [3.8, 4) is 0 Å². The van der Waals surface area contributed by atoms with E-state index >= 15 is 0 Å². The predicted molar refractivity (Wildman–Crippen MR) is 59.5 cm³/mol. The molecule has 0 aliphatic heterocycles. The summed E-state index contributed by atoms with van der Waals surface area (Å²) >= 11 is 1.29. The van der Waals surface area contributed by atoms with Crippen LogP contribution >= 0.6 is 11.3 Å². The predicted octanol–water partition coefficient (Wildman–Crippen LogP) is 1.52. The highest BCUT2D eigenvalue weighted by atomic mass is 32.2. The Hall–Kier alpha value is -0.390. The summed E-state index contributed by atoms with van der Waals surface area (Å²) in [5.74, 6) is 0.237. The van der Waals surface area contributed by atoms with E-state index in [4.69, 9.17) is 0 Å². The number of hydrogen-bond acceptors (Lipinski definition) is 4. The smallest absolute Gasteiger partial charge is 0.187 e. The van der Waals surface area contributed by atoms with Crippen molar-refractivity contribution in [1.82, 2.24) is 5.32 Å². The Morgan fingerprint density at radius 3 is 2.86 bits per heavy atom. The fraction of sp³-hybridized carbons (Fsp3) is 0.556.